The molecule has 2 aliphatic rings. The van der Waals surface area contributed by atoms with Crippen molar-refractivity contribution in [2.75, 3.05) is 36.8 Å². The summed E-state index contributed by atoms with van der Waals surface area (Å²) in [6.45, 7) is 6.23. The largest absolute Gasteiger partial charge is 0.383 e. The van der Waals surface area contributed by atoms with Crippen molar-refractivity contribution in [1.82, 2.24) is 29.8 Å². The first-order valence-corrected chi connectivity index (χ1v) is 14.4. The monoisotopic (exact) mass is 552 g/mol. The first-order valence-electron chi connectivity index (χ1n) is 13.2. The van der Waals surface area contributed by atoms with Crippen molar-refractivity contribution in [3.8, 4) is 0 Å². The minimum Gasteiger partial charge on any atom is -0.383 e. The fraction of sp³-hybridized carbons (Fsp3) is 0.462. The van der Waals surface area contributed by atoms with Crippen LogP contribution in [0.25, 0.3) is 21.9 Å². The molecule has 2 saturated heterocycles. The van der Waals surface area contributed by atoms with Gasteiger partial charge >= 0.3 is 0 Å². The minimum absolute atomic E-state index is 0.126. The number of halogens is 1. The number of hydrogen-bond acceptors (Lipinski definition) is 10. The molecule has 0 radical (unpaired) electrons. The lowest BCUT2D eigenvalue weighted by Crippen LogP contribution is -2.39. The van der Waals surface area contributed by atoms with Crippen molar-refractivity contribution in [3.05, 3.63) is 34.7 Å². The van der Waals surface area contributed by atoms with Crippen LogP contribution in [0.1, 0.15) is 37.7 Å². The Morgan fingerprint density at radius 1 is 1.05 bits per heavy atom. The zero-order chi connectivity index (χ0) is 26.4. The van der Waals surface area contributed by atoms with Gasteiger partial charge in [-0.1, -0.05) is 18.5 Å². The number of benzene rings is 1. The van der Waals surface area contributed by atoms with E-state index in [4.69, 9.17) is 43.8 Å². The van der Waals surface area contributed by atoms with E-state index in [0.29, 0.717) is 22.5 Å². The number of rotatable bonds is 6. The summed E-state index contributed by atoms with van der Waals surface area (Å²) in [4.78, 5) is 28.1. The molecule has 5 heterocycles. The zero-order valence-electron chi connectivity index (χ0n) is 21.5. The number of fused-ring (bicyclic) bond motifs is 2. The van der Waals surface area contributed by atoms with E-state index in [2.05, 4.69) is 26.7 Å². The van der Waals surface area contributed by atoms with Gasteiger partial charge in [-0.25, -0.2) is 19.9 Å². The third-order valence-electron chi connectivity index (χ3n) is 7.45. The Labute approximate surface area is 230 Å². The summed E-state index contributed by atoms with van der Waals surface area (Å²) in [6, 6.07) is 6.42. The second kappa shape index (κ2) is 10.5. The Balaban J connectivity index is 1.32. The van der Waals surface area contributed by atoms with Crippen molar-refractivity contribution < 1.29 is 0 Å². The number of nitrogens with one attached hydrogen (secondary N) is 1. The molecule has 6 rings (SSSR count). The van der Waals surface area contributed by atoms with Gasteiger partial charge in [-0.05, 0) is 55.6 Å². The third-order valence-corrected chi connectivity index (χ3v) is 8.72. The summed E-state index contributed by atoms with van der Waals surface area (Å²) in [5.41, 5.74) is 21.1. The topological polar surface area (TPSA) is 152 Å². The lowest BCUT2D eigenvalue weighted by molar-refractivity contribution is 0.201. The average Bonchev–Trinajstić information content (AvgIpc) is 3.47. The average molecular weight is 553 g/mol. The number of aromatic nitrogens is 5. The van der Waals surface area contributed by atoms with Gasteiger partial charge in [0.05, 0.1) is 22.5 Å². The molecule has 38 heavy (non-hydrogen) atoms. The van der Waals surface area contributed by atoms with Gasteiger partial charge in [-0.15, -0.1) is 0 Å². The predicted octanol–water partition coefficient (Wildman–Crippen LogP) is 3.31. The van der Waals surface area contributed by atoms with E-state index in [1.54, 1.807) is 0 Å². The molecular weight excluding hydrogens is 520 g/mol. The Hall–Kier alpha value is -2.70. The molecule has 10 nitrogen and oxygen atoms in total. The molecular formula is C26H33ClN10S. The van der Waals surface area contributed by atoms with Gasteiger partial charge in [-0.2, -0.15) is 0 Å². The molecule has 0 saturated carbocycles. The predicted molar refractivity (Wildman–Crippen MR) is 154 cm³/mol. The maximum Gasteiger partial charge on any atom is 0.196 e. The van der Waals surface area contributed by atoms with Crippen LogP contribution >= 0.6 is 23.4 Å². The summed E-state index contributed by atoms with van der Waals surface area (Å²) >= 11 is 8.24. The second-order valence-corrected chi connectivity index (χ2v) is 11.7. The van der Waals surface area contributed by atoms with Crippen LogP contribution in [0.15, 0.2) is 28.3 Å². The number of aromatic amines is 1. The van der Waals surface area contributed by atoms with Crippen LogP contribution in [-0.2, 0) is 13.0 Å². The molecule has 3 aromatic heterocycles. The Morgan fingerprint density at radius 2 is 1.84 bits per heavy atom. The fourth-order valence-electron chi connectivity index (χ4n) is 5.30. The molecule has 0 spiro atoms. The molecule has 1 aromatic carbocycles. The van der Waals surface area contributed by atoms with Crippen LogP contribution in [-0.4, -0.2) is 68.1 Å². The standard InChI is InChI=1S/C26H33ClN10S/c1-2-18-22(27)21-24(32-18)34-26(35-25(21)37-10-7-15(29)12-37)38-16-3-4-17-19(11-16)31-20(33-23(17)30)13-36-8-5-14(28)6-9-36/h3-4,11,14-15H,2,5-10,12-13,28-29H2,1H3,(H2,30,31,33)(H,32,34,35)/t15-/m1/s1. The minimum atomic E-state index is 0.126. The molecule has 0 amide bonds. The summed E-state index contributed by atoms with van der Waals surface area (Å²) < 4.78 is 0. The van der Waals surface area contributed by atoms with Crippen LogP contribution in [0.5, 0.6) is 0 Å². The number of nitrogens with zero attached hydrogens (tertiary/aromatic N) is 6. The molecule has 12 heteroatoms. The summed E-state index contributed by atoms with van der Waals surface area (Å²) in [7, 11) is 0. The third kappa shape index (κ3) is 5.01. The van der Waals surface area contributed by atoms with Crippen LogP contribution in [0.4, 0.5) is 11.6 Å². The highest BCUT2D eigenvalue weighted by molar-refractivity contribution is 7.99. The van der Waals surface area contributed by atoms with Crippen molar-refractivity contribution in [1.29, 1.82) is 0 Å². The fourth-order valence-corrected chi connectivity index (χ4v) is 6.44. The first kappa shape index (κ1) is 25.6. The van der Waals surface area contributed by atoms with Gasteiger partial charge in [0, 0.05) is 54.2 Å². The van der Waals surface area contributed by atoms with Gasteiger partial charge < -0.3 is 27.1 Å². The van der Waals surface area contributed by atoms with Crippen molar-refractivity contribution >= 4 is 56.9 Å². The maximum atomic E-state index is 6.75. The molecule has 4 aromatic rings. The molecule has 1 atom stereocenters. The number of H-pyrrole nitrogens is 1. The van der Waals surface area contributed by atoms with Crippen LogP contribution in [0, 0.1) is 0 Å². The Kier molecular flexibility index (Phi) is 7.04. The highest BCUT2D eigenvalue weighted by atomic mass is 35.5. The van der Waals surface area contributed by atoms with E-state index in [1.807, 2.05) is 18.2 Å². The van der Waals surface area contributed by atoms with Gasteiger partial charge in [0.2, 0.25) is 0 Å². The summed E-state index contributed by atoms with van der Waals surface area (Å²) in [5, 5.41) is 3.03. The van der Waals surface area contributed by atoms with E-state index >= 15 is 0 Å². The lowest BCUT2D eigenvalue weighted by Gasteiger charge is -2.29. The lowest BCUT2D eigenvalue weighted by atomic mass is 10.1. The van der Waals surface area contributed by atoms with E-state index in [0.717, 1.165) is 96.0 Å². The van der Waals surface area contributed by atoms with Gasteiger partial charge in [0.25, 0.3) is 0 Å². The zero-order valence-corrected chi connectivity index (χ0v) is 23.0. The molecule has 0 bridgehead atoms. The van der Waals surface area contributed by atoms with E-state index in [1.165, 1.54) is 11.8 Å². The SMILES string of the molecule is CCc1[nH]c2nc(Sc3ccc4c(N)nc(CN5CCC(N)CC5)nc4c3)nc(N3CC[C@@H](N)C3)c2c1Cl. The molecule has 0 unspecified atom stereocenters. The van der Waals surface area contributed by atoms with Gasteiger partial charge in [-0.3, -0.25) is 4.90 Å². The summed E-state index contributed by atoms with van der Waals surface area (Å²) in [5.74, 6) is 2.06. The smallest absolute Gasteiger partial charge is 0.196 e. The quantitative estimate of drug-likeness (QED) is 0.262. The van der Waals surface area contributed by atoms with Crippen LogP contribution in [0.2, 0.25) is 5.02 Å². The van der Waals surface area contributed by atoms with Crippen LogP contribution < -0.4 is 22.1 Å². The number of hydrogen-bond donors (Lipinski definition) is 4. The molecule has 2 aliphatic heterocycles. The normalized spacial score (nSPS) is 19.3. The van der Waals surface area contributed by atoms with E-state index in [9.17, 15) is 0 Å². The van der Waals surface area contributed by atoms with E-state index in [-0.39, 0.29) is 12.1 Å². The van der Waals surface area contributed by atoms with Gasteiger partial charge in [0.15, 0.2) is 5.16 Å². The number of aryl methyl sites for hydroxylation is 1. The maximum absolute atomic E-state index is 6.75. The number of nitrogen functional groups attached to an aromatic ring is 1. The Bertz CT molecular complexity index is 1480. The molecule has 200 valence electrons. The van der Waals surface area contributed by atoms with Gasteiger partial charge in [0.1, 0.15) is 23.1 Å². The Morgan fingerprint density at radius 3 is 2.58 bits per heavy atom. The van der Waals surface area contributed by atoms with Crippen molar-refractivity contribution in [2.45, 2.75) is 61.3 Å². The molecule has 0 aliphatic carbocycles. The second-order valence-electron chi connectivity index (χ2n) is 10.2. The first-order chi connectivity index (χ1) is 18.4. The highest BCUT2D eigenvalue weighted by Crippen LogP contribution is 2.38. The van der Waals surface area contributed by atoms with Crippen LogP contribution in [0.3, 0.4) is 0 Å². The van der Waals surface area contributed by atoms with Crippen molar-refractivity contribution in [2.24, 2.45) is 11.5 Å². The van der Waals surface area contributed by atoms with Crippen molar-refractivity contribution in [3.63, 3.8) is 0 Å². The molecule has 7 N–H and O–H groups in total. The highest BCUT2D eigenvalue weighted by Gasteiger charge is 2.26. The number of anilines is 2. The number of nitrogens with two attached hydrogens (primary N) is 3. The molecule has 2 fully saturated rings. The number of likely N-dealkylation sites (tertiary alicyclic amines) is 1. The van der Waals surface area contributed by atoms with E-state index < -0.39 is 0 Å². The number of piperidine rings is 1. The summed E-state index contributed by atoms with van der Waals surface area (Å²) in [6.07, 6.45) is 3.70.